The van der Waals surface area contributed by atoms with Crippen molar-refractivity contribution in [1.82, 2.24) is 0 Å². The van der Waals surface area contributed by atoms with Gasteiger partial charge in [0.15, 0.2) is 0 Å². The number of nitrogens with one attached hydrogen (secondary N) is 1. The van der Waals surface area contributed by atoms with Crippen molar-refractivity contribution in [2.45, 2.75) is 19.8 Å². The number of hydrogen-bond acceptors (Lipinski definition) is 3. The lowest BCUT2D eigenvalue weighted by Crippen LogP contribution is -2.07. The number of anilines is 1. The Hall–Kier alpha value is -2.29. The van der Waals surface area contributed by atoms with Crippen molar-refractivity contribution in [3.63, 3.8) is 0 Å². The van der Waals surface area contributed by atoms with Crippen molar-refractivity contribution >= 4 is 11.9 Å². The van der Waals surface area contributed by atoms with Gasteiger partial charge in [-0.15, -0.1) is 0 Å². The summed E-state index contributed by atoms with van der Waals surface area (Å²) in [5.41, 5.74) is 4.63. The van der Waals surface area contributed by atoms with Crippen LogP contribution < -0.4 is 10.1 Å². The highest BCUT2D eigenvalue weighted by Crippen LogP contribution is 2.28. The number of hydrogen-bond donors (Lipinski definition) is 1. The summed E-state index contributed by atoms with van der Waals surface area (Å²) in [6.45, 7) is 3.61. The fourth-order valence-electron chi connectivity index (χ4n) is 2.38. The van der Waals surface area contributed by atoms with Gasteiger partial charge >= 0.3 is 0 Å². The predicted molar refractivity (Wildman–Crippen MR) is 88.4 cm³/mol. The van der Waals surface area contributed by atoms with E-state index < -0.39 is 0 Å². The van der Waals surface area contributed by atoms with Crippen LogP contribution in [-0.2, 0) is 0 Å². The molecule has 2 aromatic carbocycles. The summed E-state index contributed by atoms with van der Waals surface area (Å²) in [5.74, 6) is 0.936. The number of benzene rings is 2. The van der Waals surface area contributed by atoms with Crippen LogP contribution in [0.5, 0.6) is 5.75 Å². The fraction of sp³-hybridized carbons (Fsp3) is 0.278. The lowest BCUT2D eigenvalue weighted by Gasteiger charge is -2.14. The molecule has 108 valence electrons. The summed E-state index contributed by atoms with van der Waals surface area (Å²) in [5, 5.41) is 3.26. The third kappa shape index (κ3) is 3.24. The van der Waals surface area contributed by atoms with Gasteiger partial charge in [0, 0.05) is 17.5 Å². The Bertz CT molecular complexity index is 649. The number of unbranched alkanes of at least 4 members (excludes halogenated alkanes) is 1. The molecule has 0 saturated heterocycles. The van der Waals surface area contributed by atoms with Crippen molar-refractivity contribution < 1.29 is 4.74 Å². The van der Waals surface area contributed by atoms with Gasteiger partial charge in [0.05, 0.1) is 6.61 Å². The molecule has 1 aliphatic rings. The molecular weight excluding hydrogens is 260 g/mol. The van der Waals surface area contributed by atoms with Crippen molar-refractivity contribution in [3.8, 4) is 16.9 Å². The van der Waals surface area contributed by atoms with E-state index in [1.54, 1.807) is 0 Å². The molecule has 0 fully saturated rings. The fourth-order valence-corrected chi connectivity index (χ4v) is 2.38. The zero-order valence-corrected chi connectivity index (χ0v) is 12.3. The Morgan fingerprint density at radius 2 is 2.05 bits per heavy atom. The zero-order valence-electron chi connectivity index (χ0n) is 12.3. The molecule has 1 aliphatic heterocycles. The highest BCUT2D eigenvalue weighted by atomic mass is 16.5. The normalized spacial score (nSPS) is 12.6. The summed E-state index contributed by atoms with van der Waals surface area (Å²) in [7, 11) is 0. The molecule has 2 aromatic rings. The van der Waals surface area contributed by atoms with Crippen LogP contribution >= 0.6 is 0 Å². The Morgan fingerprint density at radius 3 is 2.95 bits per heavy atom. The minimum Gasteiger partial charge on any atom is -0.494 e. The maximum absolute atomic E-state index is 5.78. The molecule has 1 heterocycles. The number of aliphatic imine (C=N–C) groups is 1. The van der Waals surface area contributed by atoms with Gasteiger partial charge in [0.1, 0.15) is 12.4 Å². The largest absolute Gasteiger partial charge is 0.494 e. The molecule has 0 bridgehead atoms. The number of nitrogens with zero attached hydrogens (tertiary/aromatic N) is 1. The first-order valence-electron chi connectivity index (χ1n) is 7.48. The van der Waals surface area contributed by atoms with Crippen LogP contribution in [0.1, 0.15) is 25.3 Å². The smallest absolute Gasteiger partial charge is 0.119 e. The summed E-state index contributed by atoms with van der Waals surface area (Å²) in [4.78, 5) is 4.26. The van der Waals surface area contributed by atoms with Gasteiger partial charge < -0.3 is 10.1 Å². The van der Waals surface area contributed by atoms with Crippen molar-refractivity contribution in [2.75, 3.05) is 18.6 Å². The summed E-state index contributed by atoms with van der Waals surface area (Å²) >= 11 is 0. The molecule has 0 aliphatic carbocycles. The van der Waals surface area contributed by atoms with E-state index in [2.05, 4.69) is 47.6 Å². The average molecular weight is 280 g/mol. The molecule has 3 nitrogen and oxygen atoms in total. The van der Waals surface area contributed by atoms with E-state index in [9.17, 15) is 0 Å². The van der Waals surface area contributed by atoms with Gasteiger partial charge in [-0.05, 0) is 41.8 Å². The van der Waals surface area contributed by atoms with Crippen LogP contribution in [0.15, 0.2) is 47.5 Å². The van der Waals surface area contributed by atoms with E-state index in [1.807, 2.05) is 18.3 Å². The molecule has 3 heteroatoms. The van der Waals surface area contributed by atoms with Crippen LogP contribution in [0.3, 0.4) is 0 Å². The molecule has 21 heavy (non-hydrogen) atoms. The average Bonchev–Trinajstić information content (AvgIpc) is 2.55. The first kappa shape index (κ1) is 13.7. The Morgan fingerprint density at radius 1 is 1.14 bits per heavy atom. The minimum absolute atomic E-state index is 0.660. The zero-order chi connectivity index (χ0) is 14.5. The number of ether oxygens (including phenoxy) is 1. The maximum atomic E-state index is 5.78. The van der Waals surface area contributed by atoms with E-state index in [0.717, 1.165) is 36.4 Å². The van der Waals surface area contributed by atoms with E-state index in [1.165, 1.54) is 11.1 Å². The first-order valence-corrected chi connectivity index (χ1v) is 7.48. The summed E-state index contributed by atoms with van der Waals surface area (Å²) in [6.07, 6.45) is 4.17. The van der Waals surface area contributed by atoms with E-state index >= 15 is 0 Å². The van der Waals surface area contributed by atoms with E-state index in [0.29, 0.717) is 6.67 Å². The summed E-state index contributed by atoms with van der Waals surface area (Å²) < 4.78 is 5.78. The topological polar surface area (TPSA) is 33.6 Å². The van der Waals surface area contributed by atoms with Crippen LogP contribution in [0.25, 0.3) is 11.1 Å². The molecule has 3 rings (SSSR count). The van der Waals surface area contributed by atoms with Gasteiger partial charge in [0.2, 0.25) is 0 Å². The molecule has 0 saturated carbocycles. The van der Waals surface area contributed by atoms with Gasteiger partial charge in [-0.2, -0.15) is 0 Å². The van der Waals surface area contributed by atoms with Crippen LogP contribution in [0, 0.1) is 0 Å². The molecule has 0 spiro atoms. The summed E-state index contributed by atoms with van der Waals surface area (Å²) in [6, 6.07) is 14.7. The van der Waals surface area contributed by atoms with E-state index in [4.69, 9.17) is 4.74 Å². The second-order valence-corrected chi connectivity index (χ2v) is 5.18. The Balaban J connectivity index is 1.83. The van der Waals surface area contributed by atoms with Crippen LogP contribution in [0.2, 0.25) is 0 Å². The van der Waals surface area contributed by atoms with Gasteiger partial charge in [0.25, 0.3) is 0 Å². The molecule has 0 amide bonds. The second kappa shape index (κ2) is 6.44. The van der Waals surface area contributed by atoms with Crippen molar-refractivity contribution in [1.29, 1.82) is 0 Å². The lowest BCUT2D eigenvalue weighted by atomic mass is 10.0. The molecule has 0 unspecified atom stereocenters. The highest BCUT2D eigenvalue weighted by molar-refractivity contribution is 5.91. The maximum Gasteiger partial charge on any atom is 0.119 e. The van der Waals surface area contributed by atoms with Crippen molar-refractivity contribution in [3.05, 3.63) is 48.0 Å². The Labute approximate surface area is 125 Å². The third-order valence-electron chi connectivity index (χ3n) is 3.58. The van der Waals surface area contributed by atoms with Crippen LogP contribution in [-0.4, -0.2) is 19.5 Å². The Kier molecular flexibility index (Phi) is 4.20. The molecular formula is C18H20N2O. The quantitative estimate of drug-likeness (QED) is 0.827. The van der Waals surface area contributed by atoms with Crippen LogP contribution in [0.4, 0.5) is 5.69 Å². The highest BCUT2D eigenvalue weighted by Gasteiger charge is 2.07. The van der Waals surface area contributed by atoms with Gasteiger partial charge in [-0.3, -0.25) is 4.99 Å². The molecule has 0 radical (unpaired) electrons. The third-order valence-corrected chi connectivity index (χ3v) is 3.58. The monoisotopic (exact) mass is 280 g/mol. The minimum atomic E-state index is 0.660. The van der Waals surface area contributed by atoms with Crippen molar-refractivity contribution in [2.24, 2.45) is 4.99 Å². The molecule has 1 N–H and O–H groups in total. The standard InChI is InChI=1S/C18H20N2O/c1-2-3-9-21-17-6-4-5-14(11-17)15-7-8-18-16(10-15)12-19-13-20-18/h4-8,10-12,20H,2-3,9,13H2,1H3. The molecule has 0 aromatic heterocycles. The number of fused-ring (bicyclic) bond motifs is 1. The second-order valence-electron chi connectivity index (χ2n) is 5.18. The lowest BCUT2D eigenvalue weighted by molar-refractivity contribution is 0.309. The predicted octanol–water partition coefficient (Wildman–Crippen LogP) is 4.33. The molecule has 0 atom stereocenters. The van der Waals surface area contributed by atoms with E-state index in [-0.39, 0.29) is 0 Å². The first-order chi connectivity index (χ1) is 10.4. The SMILES string of the molecule is CCCCOc1cccc(-c2ccc3c(c2)C=NCN3)c1. The van der Waals surface area contributed by atoms with Gasteiger partial charge in [-0.1, -0.05) is 31.5 Å². The number of rotatable bonds is 5. The van der Waals surface area contributed by atoms with Gasteiger partial charge in [-0.25, -0.2) is 0 Å².